The Bertz CT molecular complexity index is 835. The van der Waals surface area contributed by atoms with Crippen LogP contribution in [0.1, 0.15) is 31.7 Å². The van der Waals surface area contributed by atoms with Crippen LogP contribution in [0.15, 0.2) is 40.5 Å². The van der Waals surface area contributed by atoms with Crippen LogP contribution in [0.3, 0.4) is 0 Å². The third-order valence-corrected chi connectivity index (χ3v) is 4.42. The molecule has 0 N–H and O–H groups in total. The quantitative estimate of drug-likeness (QED) is 0.564. The summed E-state index contributed by atoms with van der Waals surface area (Å²) in [6.07, 6.45) is 0.0835. The molecular formula is C20H22N2O5. The zero-order chi connectivity index (χ0) is 20.0. The molecule has 0 aliphatic carbocycles. The van der Waals surface area contributed by atoms with Gasteiger partial charge < -0.3 is 14.2 Å². The summed E-state index contributed by atoms with van der Waals surface area (Å²) in [6, 6.07) is 9.10. The highest BCUT2D eigenvalue weighted by atomic mass is 16.5. The van der Waals surface area contributed by atoms with Gasteiger partial charge in [-0.1, -0.05) is 18.2 Å². The molecule has 0 radical (unpaired) electrons. The van der Waals surface area contributed by atoms with E-state index in [4.69, 9.17) is 19.5 Å². The van der Waals surface area contributed by atoms with Crippen molar-refractivity contribution in [2.75, 3.05) is 20.8 Å². The lowest BCUT2D eigenvalue weighted by Crippen LogP contribution is -2.36. The van der Waals surface area contributed by atoms with E-state index in [9.17, 15) is 9.59 Å². The van der Waals surface area contributed by atoms with Crippen molar-refractivity contribution >= 4 is 17.7 Å². The van der Waals surface area contributed by atoms with Crippen LogP contribution in [0.5, 0.6) is 5.75 Å². The number of nitriles is 1. The number of aliphatic imine (C=N–C) groups is 1. The third-order valence-electron chi connectivity index (χ3n) is 4.42. The van der Waals surface area contributed by atoms with Crippen molar-refractivity contribution < 1.29 is 23.8 Å². The summed E-state index contributed by atoms with van der Waals surface area (Å²) >= 11 is 0. The number of esters is 2. The van der Waals surface area contributed by atoms with Gasteiger partial charge in [0.05, 0.1) is 32.3 Å². The molecule has 2 unspecified atom stereocenters. The minimum Gasteiger partial charge on any atom is -0.496 e. The maximum atomic E-state index is 12.8. The molecule has 1 aliphatic rings. The summed E-state index contributed by atoms with van der Waals surface area (Å²) < 4.78 is 15.6. The number of rotatable bonds is 6. The average molecular weight is 370 g/mol. The molecule has 1 aliphatic heterocycles. The number of carbonyl (C=O) groups excluding carboxylic acids is 2. The summed E-state index contributed by atoms with van der Waals surface area (Å²) in [5, 5.41) is 8.67. The Kier molecular flexibility index (Phi) is 6.72. The number of hydrogen-bond acceptors (Lipinski definition) is 7. The number of allylic oxidation sites excluding steroid dienone is 1. The normalized spacial score (nSPS) is 19.0. The van der Waals surface area contributed by atoms with Gasteiger partial charge in [-0.05, 0) is 19.9 Å². The van der Waals surface area contributed by atoms with Gasteiger partial charge in [0.25, 0.3) is 0 Å². The molecule has 142 valence electrons. The highest BCUT2D eigenvalue weighted by molar-refractivity contribution is 6.07. The van der Waals surface area contributed by atoms with Gasteiger partial charge in [0, 0.05) is 22.9 Å². The number of para-hydroxylation sites is 1. The smallest absolute Gasteiger partial charge is 0.336 e. The van der Waals surface area contributed by atoms with E-state index in [2.05, 4.69) is 4.99 Å². The van der Waals surface area contributed by atoms with E-state index in [0.717, 1.165) is 0 Å². The Hall–Kier alpha value is -3.14. The van der Waals surface area contributed by atoms with Crippen molar-refractivity contribution in [3.05, 3.63) is 41.1 Å². The number of ether oxygens (including phenoxy) is 3. The van der Waals surface area contributed by atoms with Gasteiger partial charge in [-0.25, -0.2) is 4.79 Å². The lowest BCUT2D eigenvalue weighted by Gasteiger charge is -2.32. The average Bonchev–Trinajstić information content (AvgIpc) is 2.66. The van der Waals surface area contributed by atoms with E-state index in [1.165, 1.54) is 14.2 Å². The molecule has 1 aromatic rings. The fourth-order valence-electron chi connectivity index (χ4n) is 3.26. The first-order chi connectivity index (χ1) is 13.0. The van der Waals surface area contributed by atoms with Crippen molar-refractivity contribution in [1.82, 2.24) is 0 Å². The first-order valence-corrected chi connectivity index (χ1v) is 8.47. The summed E-state index contributed by atoms with van der Waals surface area (Å²) in [5.41, 5.74) is 1.93. The lowest BCUT2D eigenvalue weighted by molar-refractivity contribution is -0.144. The van der Waals surface area contributed by atoms with Crippen molar-refractivity contribution in [1.29, 1.82) is 5.26 Å². The largest absolute Gasteiger partial charge is 0.496 e. The summed E-state index contributed by atoms with van der Waals surface area (Å²) in [5.74, 6) is -2.01. The number of hydrogen-bond donors (Lipinski definition) is 0. The second-order valence-electron chi connectivity index (χ2n) is 6.02. The fourth-order valence-corrected chi connectivity index (χ4v) is 3.26. The molecule has 7 nitrogen and oxygen atoms in total. The van der Waals surface area contributed by atoms with Crippen LogP contribution in [0, 0.1) is 17.2 Å². The Labute approximate surface area is 158 Å². The number of nitrogens with zero attached hydrogens (tertiary/aromatic N) is 2. The topological polar surface area (TPSA) is 98.0 Å². The zero-order valence-corrected chi connectivity index (χ0v) is 15.8. The van der Waals surface area contributed by atoms with Gasteiger partial charge in [0.2, 0.25) is 0 Å². The predicted octanol–water partition coefficient (Wildman–Crippen LogP) is 2.77. The SMILES string of the molecule is COC(=O)C1C(C)=NC(C)=C(C(=O)OCCC#N)C1c1ccccc1OC. The summed E-state index contributed by atoms with van der Waals surface area (Å²) in [6.45, 7) is 3.39. The molecule has 0 aromatic heterocycles. The van der Waals surface area contributed by atoms with Gasteiger partial charge in [-0.15, -0.1) is 0 Å². The third kappa shape index (κ3) is 4.17. The van der Waals surface area contributed by atoms with Gasteiger partial charge in [-0.2, -0.15) is 5.26 Å². The molecule has 1 aromatic carbocycles. The van der Waals surface area contributed by atoms with Gasteiger partial charge >= 0.3 is 11.9 Å². The lowest BCUT2D eigenvalue weighted by atomic mass is 9.75. The summed E-state index contributed by atoms with van der Waals surface area (Å²) in [4.78, 5) is 29.7. The molecular weight excluding hydrogens is 348 g/mol. The van der Waals surface area contributed by atoms with E-state index in [1.807, 2.05) is 6.07 Å². The maximum Gasteiger partial charge on any atom is 0.336 e. The Morgan fingerprint density at radius 2 is 1.93 bits per heavy atom. The van der Waals surface area contributed by atoms with E-state index in [1.54, 1.807) is 38.1 Å². The van der Waals surface area contributed by atoms with Gasteiger partial charge in [0.15, 0.2) is 0 Å². The first kappa shape index (κ1) is 20.2. The number of methoxy groups -OCH3 is 2. The minimum absolute atomic E-state index is 0.0314. The molecule has 7 heteroatoms. The Morgan fingerprint density at radius 3 is 2.56 bits per heavy atom. The molecule has 0 fully saturated rings. The van der Waals surface area contributed by atoms with Crippen LogP contribution in [0.25, 0.3) is 0 Å². The van der Waals surface area contributed by atoms with Crippen LogP contribution in [0.4, 0.5) is 0 Å². The zero-order valence-electron chi connectivity index (χ0n) is 15.8. The van der Waals surface area contributed by atoms with Crippen LogP contribution < -0.4 is 4.74 Å². The van der Waals surface area contributed by atoms with E-state index in [0.29, 0.717) is 22.7 Å². The maximum absolute atomic E-state index is 12.8. The van der Waals surface area contributed by atoms with Crippen LogP contribution in [0.2, 0.25) is 0 Å². The van der Waals surface area contributed by atoms with Crippen molar-refractivity contribution in [3.63, 3.8) is 0 Å². The predicted molar refractivity (Wildman–Crippen MR) is 98.2 cm³/mol. The molecule has 0 amide bonds. The summed E-state index contributed by atoms with van der Waals surface area (Å²) in [7, 11) is 2.82. The van der Waals surface area contributed by atoms with Crippen LogP contribution in [-0.4, -0.2) is 38.5 Å². The van der Waals surface area contributed by atoms with Crippen molar-refractivity contribution in [3.8, 4) is 11.8 Å². The second-order valence-corrected chi connectivity index (χ2v) is 6.02. The van der Waals surface area contributed by atoms with Crippen molar-refractivity contribution in [2.24, 2.45) is 10.9 Å². The fraction of sp³-hybridized carbons (Fsp3) is 0.400. The molecule has 0 saturated heterocycles. The number of benzene rings is 1. The molecule has 0 spiro atoms. The van der Waals surface area contributed by atoms with E-state index < -0.39 is 23.8 Å². The molecule has 0 saturated carbocycles. The molecule has 27 heavy (non-hydrogen) atoms. The van der Waals surface area contributed by atoms with Crippen molar-refractivity contribution in [2.45, 2.75) is 26.2 Å². The Balaban J connectivity index is 2.61. The second kappa shape index (κ2) is 8.99. The van der Waals surface area contributed by atoms with E-state index >= 15 is 0 Å². The molecule has 2 atom stereocenters. The highest BCUT2D eigenvalue weighted by Crippen LogP contribution is 2.43. The number of carbonyl (C=O) groups is 2. The minimum atomic E-state index is -0.784. The monoisotopic (exact) mass is 370 g/mol. The van der Waals surface area contributed by atoms with Gasteiger partial charge in [-0.3, -0.25) is 9.79 Å². The van der Waals surface area contributed by atoms with Crippen LogP contribution in [-0.2, 0) is 19.1 Å². The highest BCUT2D eigenvalue weighted by Gasteiger charge is 2.43. The molecule has 0 bridgehead atoms. The molecule has 2 rings (SSSR count). The molecule has 1 heterocycles. The van der Waals surface area contributed by atoms with Crippen LogP contribution >= 0.6 is 0 Å². The van der Waals surface area contributed by atoms with E-state index in [-0.39, 0.29) is 18.6 Å². The standard InChI is InChI=1S/C20H22N2O5/c1-12-16(19(23)26-4)18(14-8-5-6-9-15(14)25-3)17(13(2)22-12)20(24)27-11-7-10-21/h5-6,8-9,16,18H,7,11H2,1-4H3. The first-order valence-electron chi connectivity index (χ1n) is 8.47. The Morgan fingerprint density at radius 1 is 1.22 bits per heavy atom. The van der Waals surface area contributed by atoms with Gasteiger partial charge in [0.1, 0.15) is 18.3 Å².